The van der Waals surface area contributed by atoms with E-state index in [9.17, 15) is 4.79 Å². The van der Waals surface area contributed by atoms with E-state index in [0.717, 1.165) is 13.1 Å². The van der Waals surface area contributed by atoms with Crippen molar-refractivity contribution in [2.24, 2.45) is 0 Å². The van der Waals surface area contributed by atoms with Crippen molar-refractivity contribution in [3.8, 4) is 0 Å². The summed E-state index contributed by atoms with van der Waals surface area (Å²) < 4.78 is 5.16. The maximum atomic E-state index is 12.3. The minimum absolute atomic E-state index is 0.190. The molecule has 1 aromatic rings. The van der Waals surface area contributed by atoms with Gasteiger partial charge >= 0.3 is 0 Å². The molecule has 2 heterocycles. The summed E-state index contributed by atoms with van der Waals surface area (Å²) in [5.41, 5.74) is 0. The van der Waals surface area contributed by atoms with Crippen LogP contribution in [0.2, 0.25) is 0 Å². The third kappa shape index (κ3) is 3.17. The quantitative estimate of drug-likeness (QED) is 0.816. The SMILES string of the molecule is Cc1noc(C2CN(CC(=O)N(C(C)C)C(C)C)C2)n1. The highest BCUT2D eigenvalue weighted by Crippen LogP contribution is 2.25. The summed E-state index contributed by atoms with van der Waals surface area (Å²) in [5.74, 6) is 1.82. The summed E-state index contributed by atoms with van der Waals surface area (Å²) in [6.45, 7) is 12.1. The highest BCUT2D eigenvalue weighted by Gasteiger charge is 2.34. The number of aromatic nitrogens is 2. The lowest BCUT2D eigenvalue weighted by atomic mass is 10.00. The van der Waals surface area contributed by atoms with Gasteiger partial charge in [0.05, 0.1) is 12.5 Å². The van der Waals surface area contributed by atoms with Crippen molar-refractivity contribution in [1.82, 2.24) is 19.9 Å². The molecule has 20 heavy (non-hydrogen) atoms. The van der Waals surface area contributed by atoms with Crippen molar-refractivity contribution >= 4 is 5.91 Å². The van der Waals surface area contributed by atoms with Crippen LogP contribution in [0.15, 0.2) is 4.52 Å². The molecule has 112 valence electrons. The Balaban J connectivity index is 1.83. The maximum Gasteiger partial charge on any atom is 0.237 e. The molecule has 0 unspecified atom stereocenters. The molecule has 0 N–H and O–H groups in total. The van der Waals surface area contributed by atoms with Crippen LogP contribution < -0.4 is 0 Å². The Hall–Kier alpha value is -1.43. The summed E-state index contributed by atoms with van der Waals surface area (Å²) in [7, 11) is 0. The second-order valence-corrected chi connectivity index (χ2v) is 6.06. The minimum Gasteiger partial charge on any atom is -0.339 e. The van der Waals surface area contributed by atoms with E-state index in [1.54, 1.807) is 0 Å². The summed E-state index contributed by atoms with van der Waals surface area (Å²) >= 11 is 0. The number of aryl methyl sites for hydroxylation is 1. The fourth-order valence-corrected chi connectivity index (χ4v) is 2.78. The van der Waals surface area contributed by atoms with Crippen molar-refractivity contribution in [3.05, 3.63) is 11.7 Å². The van der Waals surface area contributed by atoms with E-state index < -0.39 is 0 Å². The normalized spacial score (nSPS) is 16.8. The zero-order chi connectivity index (χ0) is 14.9. The summed E-state index contributed by atoms with van der Waals surface area (Å²) in [6, 6.07) is 0.469. The molecule has 0 saturated carbocycles. The van der Waals surface area contributed by atoms with Crippen LogP contribution in [0.4, 0.5) is 0 Å². The molecule has 6 heteroatoms. The first-order valence-corrected chi connectivity index (χ1v) is 7.22. The predicted octanol–water partition coefficient (Wildman–Crippen LogP) is 1.42. The molecule has 0 atom stereocenters. The van der Waals surface area contributed by atoms with Gasteiger partial charge in [0, 0.05) is 25.2 Å². The molecule has 0 spiro atoms. The lowest BCUT2D eigenvalue weighted by Gasteiger charge is -2.39. The van der Waals surface area contributed by atoms with E-state index in [1.807, 2.05) is 11.8 Å². The number of hydrogen-bond donors (Lipinski definition) is 0. The van der Waals surface area contributed by atoms with E-state index in [-0.39, 0.29) is 23.9 Å². The molecular weight excluding hydrogens is 256 g/mol. The smallest absolute Gasteiger partial charge is 0.237 e. The molecule has 1 aliphatic heterocycles. The molecular formula is C14H24N4O2. The number of amides is 1. The average Bonchev–Trinajstić information content (AvgIpc) is 2.68. The molecule has 0 aliphatic carbocycles. The highest BCUT2D eigenvalue weighted by atomic mass is 16.5. The molecule has 0 bridgehead atoms. The van der Waals surface area contributed by atoms with Gasteiger partial charge in [0.25, 0.3) is 0 Å². The van der Waals surface area contributed by atoms with Crippen LogP contribution in [0.1, 0.15) is 45.3 Å². The Labute approximate surface area is 120 Å². The second-order valence-electron chi connectivity index (χ2n) is 6.06. The molecule has 0 radical (unpaired) electrons. The number of likely N-dealkylation sites (tertiary alicyclic amines) is 1. The van der Waals surface area contributed by atoms with Gasteiger partial charge < -0.3 is 9.42 Å². The Bertz CT molecular complexity index is 455. The topological polar surface area (TPSA) is 62.5 Å². The Morgan fingerprint density at radius 1 is 1.35 bits per heavy atom. The van der Waals surface area contributed by atoms with Crippen molar-refractivity contribution in [3.63, 3.8) is 0 Å². The number of nitrogens with zero attached hydrogens (tertiary/aromatic N) is 4. The van der Waals surface area contributed by atoms with Crippen LogP contribution >= 0.6 is 0 Å². The van der Waals surface area contributed by atoms with E-state index in [2.05, 4.69) is 42.7 Å². The average molecular weight is 280 g/mol. The first-order chi connectivity index (χ1) is 9.38. The minimum atomic E-state index is 0.190. The van der Waals surface area contributed by atoms with Crippen molar-refractivity contribution < 1.29 is 9.32 Å². The van der Waals surface area contributed by atoms with Gasteiger partial charge in [0.2, 0.25) is 11.8 Å². The van der Waals surface area contributed by atoms with Gasteiger partial charge in [-0.05, 0) is 34.6 Å². The molecule has 2 rings (SSSR count). The monoisotopic (exact) mass is 280 g/mol. The third-order valence-electron chi connectivity index (χ3n) is 3.61. The van der Waals surface area contributed by atoms with Crippen LogP contribution in [-0.2, 0) is 4.79 Å². The van der Waals surface area contributed by atoms with Crippen LogP contribution in [0, 0.1) is 6.92 Å². The van der Waals surface area contributed by atoms with Gasteiger partial charge in [0.1, 0.15) is 0 Å². The summed E-state index contributed by atoms with van der Waals surface area (Å²) in [4.78, 5) is 20.6. The molecule has 1 aromatic heterocycles. The fourth-order valence-electron chi connectivity index (χ4n) is 2.78. The van der Waals surface area contributed by atoms with Gasteiger partial charge in [-0.3, -0.25) is 9.69 Å². The largest absolute Gasteiger partial charge is 0.339 e. The molecule has 1 amide bonds. The molecule has 1 saturated heterocycles. The predicted molar refractivity (Wildman–Crippen MR) is 75.3 cm³/mol. The number of carbonyl (C=O) groups is 1. The van der Waals surface area contributed by atoms with Crippen LogP contribution in [0.5, 0.6) is 0 Å². The number of rotatable bonds is 5. The van der Waals surface area contributed by atoms with Crippen molar-refractivity contribution in [2.75, 3.05) is 19.6 Å². The number of carbonyl (C=O) groups excluding carboxylic acids is 1. The van der Waals surface area contributed by atoms with E-state index in [4.69, 9.17) is 4.52 Å². The first kappa shape index (κ1) is 15.0. The summed E-state index contributed by atoms with van der Waals surface area (Å²) in [5, 5.41) is 3.80. The fraction of sp³-hybridized carbons (Fsp3) is 0.786. The molecule has 0 aromatic carbocycles. The number of hydrogen-bond acceptors (Lipinski definition) is 5. The summed E-state index contributed by atoms with van der Waals surface area (Å²) in [6.07, 6.45) is 0. The molecule has 6 nitrogen and oxygen atoms in total. The lowest BCUT2D eigenvalue weighted by Crippen LogP contribution is -2.52. The van der Waals surface area contributed by atoms with Crippen LogP contribution in [0.3, 0.4) is 0 Å². The van der Waals surface area contributed by atoms with E-state index in [1.165, 1.54) is 0 Å². The second kappa shape index (κ2) is 5.91. The van der Waals surface area contributed by atoms with Gasteiger partial charge in [-0.1, -0.05) is 5.16 Å². The zero-order valence-electron chi connectivity index (χ0n) is 13.0. The highest BCUT2D eigenvalue weighted by molar-refractivity contribution is 5.79. The van der Waals surface area contributed by atoms with E-state index >= 15 is 0 Å². The zero-order valence-corrected chi connectivity index (χ0v) is 13.0. The third-order valence-corrected chi connectivity index (χ3v) is 3.61. The van der Waals surface area contributed by atoms with Crippen molar-refractivity contribution in [1.29, 1.82) is 0 Å². The molecule has 1 aliphatic rings. The lowest BCUT2D eigenvalue weighted by molar-refractivity contribution is -0.137. The maximum absolute atomic E-state index is 12.3. The Morgan fingerprint density at radius 3 is 2.40 bits per heavy atom. The van der Waals surface area contributed by atoms with Crippen molar-refractivity contribution in [2.45, 2.75) is 52.6 Å². The van der Waals surface area contributed by atoms with Gasteiger partial charge in [-0.2, -0.15) is 4.98 Å². The van der Waals surface area contributed by atoms with E-state index in [0.29, 0.717) is 18.3 Å². The first-order valence-electron chi connectivity index (χ1n) is 7.22. The van der Waals surface area contributed by atoms with Gasteiger partial charge in [0.15, 0.2) is 5.82 Å². The Kier molecular flexibility index (Phi) is 4.42. The van der Waals surface area contributed by atoms with Gasteiger partial charge in [-0.25, -0.2) is 0 Å². The Morgan fingerprint density at radius 2 is 1.95 bits per heavy atom. The molecule has 1 fully saturated rings. The standard InChI is InChI=1S/C14H24N4O2/c1-9(2)18(10(3)4)13(19)8-17-6-12(7-17)14-15-11(5)16-20-14/h9-10,12H,6-8H2,1-5H3. The van der Waals surface area contributed by atoms with Gasteiger partial charge in [-0.15, -0.1) is 0 Å². The van der Waals surface area contributed by atoms with Crippen LogP contribution in [0.25, 0.3) is 0 Å². The van der Waals surface area contributed by atoms with Crippen LogP contribution in [-0.4, -0.2) is 57.6 Å².